The second-order valence-corrected chi connectivity index (χ2v) is 3.00. The standard InChI is InChI=1S/C6H9NO/c8-5-1-6(2-5)3-7-4-6/h7H,1-4H2. The molecule has 1 heterocycles. The van der Waals surface area contributed by atoms with Crippen molar-refractivity contribution in [3.05, 3.63) is 0 Å². The van der Waals surface area contributed by atoms with Crippen molar-refractivity contribution in [2.75, 3.05) is 13.1 Å². The lowest BCUT2D eigenvalue weighted by atomic mass is 9.64. The Bertz CT molecular complexity index is 127. The van der Waals surface area contributed by atoms with Crippen molar-refractivity contribution >= 4 is 5.78 Å². The van der Waals surface area contributed by atoms with Crippen LogP contribution in [0.3, 0.4) is 0 Å². The van der Waals surface area contributed by atoms with Gasteiger partial charge in [-0.3, -0.25) is 4.79 Å². The number of hydrogen-bond acceptors (Lipinski definition) is 2. The second kappa shape index (κ2) is 1.13. The first-order chi connectivity index (χ1) is 3.81. The molecule has 0 radical (unpaired) electrons. The number of ketones is 1. The maximum Gasteiger partial charge on any atom is 0.134 e. The van der Waals surface area contributed by atoms with Gasteiger partial charge in [0.15, 0.2) is 0 Å². The number of Topliss-reactive ketones (excluding diaryl/α,β-unsaturated/α-hetero) is 1. The van der Waals surface area contributed by atoms with Crippen molar-refractivity contribution in [3.8, 4) is 0 Å². The minimum atomic E-state index is 0.450. The van der Waals surface area contributed by atoms with E-state index in [1.165, 1.54) is 0 Å². The monoisotopic (exact) mass is 111 g/mol. The molecule has 44 valence electrons. The smallest absolute Gasteiger partial charge is 0.134 e. The third kappa shape index (κ3) is 0.388. The largest absolute Gasteiger partial charge is 0.315 e. The van der Waals surface area contributed by atoms with Crippen molar-refractivity contribution in [1.82, 2.24) is 5.32 Å². The highest BCUT2D eigenvalue weighted by Gasteiger charge is 2.47. The summed E-state index contributed by atoms with van der Waals surface area (Å²) >= 11 is 0. The summed E-state index contributed by atoms with van der Waals surface area (Å²) in [5.74, 6) is 0.450. The summed E-state index contributed by atoms with van der Waals surface area (Å²) in [6, 6.07) is 0. The molecule has 1 N–H and O–H groups in total. The molecular formula is C6H9NO. The molecule has 2 aliphatic rings. The van der Waals surface area contributed by atoms with E-state index < -0.39 is 0 Å². The average molecular weight is 111 g/mol. The van der Waals surface area contributed by atoms with Gasteiger partial charge < -0.3 is 5.32 Å². The lowest BCUT2D eigenvalue weighted by Crippen LogP contribution is -2.60. The van der Waals surface area contributed by atoms with E-state index in [1.807, 2.05) is 0 Å². The van der Waals surface area contributed by atoms with E-state index in [0.29, 0.717) is 11.2 Å². The van der Waals surface area contributed by atoms with Crippen LogP contribution in [0.1, 0.15) is 12.8 Å². The molecule has 1 spiro atoms. The molecule has 1 saturated carbocycles. The van der Waals surface area contributed by atoms with E-state index in [0.717, 1.165) is 25.9 Å². The topological polar surface area (TPSA) is 29.1 Å². The van der Waals surface area contributed by atoms with Crippen LogP contribution >= 0.6 is 0 Å². The number of rotatable bonds is 0. The van der Waals surface area contributed by atoms with Crippen LogP contribution in [0.15, 0.2) is 0 Å². The predicted octanol–water partition coefficient (Wildman–Crippen LogP) is -0.0611. The van der Waals surface area contributed by atoms with Gasteiger partial charge in [-0.05, 0) is 0 Å². The Morgan fingerprint density at radius 1 is 1.38 bits per heavy atom. The van der Waals surface area contributed by atoms with Crippen LogP contribution in [0, 0.1) is 5.41 Å². The van der Waals surface area contributed by atoms with Gasteiger partial charge in [0.1, 0.15) is 5.78 Å². The normalized spacial score (nSPS) is 31.8. The fourth-order valence-electron chi connectivity index (χ4n) is 1.51. The van der Waals surface area contributed by atoms with Gasteiger partial charge >= 0.3 is 0 Å². The predicted molar refractivity (Wildman–Crippen MR) is 29.5 cm³/mol. The van der Waals surface area contributed by atoms with Crippen molar-refractivity contribution < 1.29 is 4.79 Å². The molecule has 1 saturated heterocycles. The van der Waals surface area contributed by atoms with Crippen LogP contribution in [0.5, 0.6) is 0 Å². The SMILES string of the molecule is O=C1CC2(CNC2)C1. The van der Waals surface area contributed by atoms with Crippen molar-refractivity contribution in [2.24, 2.45) is 5.41 Å². The first-order valence-corrected chi connectivity index (χ1v) is 3.03. The lowest BCUT2D eigenvalue weighted by Gasteiger charge is -2.48. The Kier molecular flexibility index (Phi) is 0.637. The molecule has 1 aliphatic carbocycles. The van der Waals surface area contributed by atoms with Crippen LogP contribution < -0.4 is 5.32 Å². The van der Waals surface area contributed by atoms with Gasteiger partial charge in [0.25, 0.3) is 0 Å². The molecule has 2 fully saturated rings. The average Bonchev–Trinajstić information content (AvgIpc) is 1.51. The van der Waals surface area contributed by atoms with Crippen LogP contribution in [0.2, 0.25) is 0 Å². The van der Waals surface area contributed by atoms with Crippen LogP contribution in [-0.4, -0.2) is 18.9 Å². The van der Waals surface area contributed by atoms with E-state index in [-0.39, 0.29) is 0 Å². The molecule has 0 amide bonds. The van der Waals surface area contributed by atoms with Crippen LogP contribution in [0.25, 0.3) is 0 Å². The van der Waals surface area contributed by atoms with E-state index in [1.54, 1.807) is 0 Å². The van der Waals surface area contributed by atoms with Crippen molar-refractivity contribution in [1.29, 1.82) is 0 Å². The molecule has 8 heavy (non-hydrogen) atoms. The Morgan fingerprint density at radius 2 is 2.00 bits per heavy atom. The third-order valence-electron chi connectivity index (χ3n) is 2.14. The Labute approximate surface area is 48.3 Å². The summed E-state index contributed by atoms with van der Waals surface area (Å²) in [7, 11) is 0. The zero-order valence-electron chi connectivity index (χ0n) is 4.74. The zero-order chi connectivity index (χ0) is 5.61. The van der Waals surface area contributed by atoms with Gasteiger partial charge in [-0.25, -0.2) is 0 Å². The highest BCUT2D eigenvalue weighted by molar-refractivity contribution is 5.86. The maximum atomic E-state index is 10.5. The molecule has 1 aliphatic heterocycles. The highest BCUT2D eigenvalue weighted by atomic mass is 16.1. The summed E-state index contributed by atoms with van der Waals surface area (Å²) < 4.78 is 0. The maximum absolute atomic E-state index is 10.5. The minimum Gasteiger partial charge on any atom is -0.315 e. The van der Waals surface area contributed by atoms with E-state index in [4.69, 9.17) is 0 Å². The Balaban J connectivity index is 2.01. The molecular weight excluding hydrogens is 102 g/mol. The molecule has 0 bridgehead atoms. The molecule has 0 aromatic carbocycles. The van der Waals surface area contributed by atoms with Gasteiger partial charge in [-0.2, -0.15) is 0 Å². The summed E-state index contributed by atoms with van der Waals surface area (Å²) in [5.41, 5.74) is 0.455. The van der Waals surface area contributed by atoms with E-state index >= 15 is 0 Å². The van der Waals surface area contributed by atoms with Gasteiger partial charge in [0.05, 0.1) is 0 Å². The molecule has 2 rings (SSSR count). The number of carbonyl (C=O) groups excluding carboxylic acids is 1. The molecule has 2 nitrogen and oxygen atoms in total. The van der Waals surface area contributed by atoms with Gasteiger partial charge in [0, 0.05) is 31.3 Å². The summed E-state index contributed by atoms with van der Waals surface area (Å²) in [6.07, 6.45) is 1.69. The van der Waals surface area contributed by atoms with Crippen molar-refractivity contribution in [2.45, 2.75) is 12.8 Å². The Morgan fingerprint density at radius 3 is 2.12 bits per heavy atom. The van der Waals surface area contributed by atoms with Crippen LogP contribution in [-0.2, 0) is 4.79 Å². The Hall–Kier alpha value is -0.370. The molecule has 0 aromatic rings. The van der Waals surface area contributed by atoms with Crippen molar-refractivity contribution in [3.63, 3.8) is 0 Å². The summed E-state index contributed by atoms with van der Waals surface area (Å²) in [5, 5.41) is 3.17. The van der Waals surface area contributed by atoms with E-state index in [9.17, 15) is 4.79 Å². The second-order valence-electron chi connectivity index (χ2n) is 3.00. The number of hydrogen-bond donors (Lipinski definition) is 1. The number of carbonyl (C=O) groups is 1. The molecule has 2 heteroatoms. The van der Waals surface area contributed by atoms with Gasteiger partial charge in [-0.15, -0.1) is 0 Å². The van der Waals surface area contributed by atoms with E-state index in [2.05, 4.69) is 5.32 Å². The quantitative estimate of drug-likeness (QED) is 0.474. The minimum absolute atomic E-state index is 0.450. The lowest BCUT2D eigenvalue weighted by molar-refractivity contribution is -0.135. The fraction of sp³-hybridized carbons (Fsp3) is 0.833. The molecule has 0 unspecified atom stereocenters. The first kappa shape index (κ1) is 4.50. The highest BCUT2D eigenvalue weighted by Crippen LogP contribution is 2.40. The molecule has 0 aromatic heterocycles. The summed E-state index contributed by atoms with van der Waals surface area (Å²) in [6.45, 7) is 2.16. The summed E-state index contributed by atoms with van der Waals surface area (Å²) in [4.78, 5) is 10.5. The van der Waals surface area contributed by atoms with Gasteiger partial charge in [0.2, 0.25) is 0 Å². The fourth-order valence-corrected chi connectivity index (χ4v) is 1.51. The first-order valence-electron chi connectivity index (χ1n) is 3.03. The number of nitrogens with one attached hydrogen (secondary N) is 1. The zero-order valence-corrected chi connectivity index (χ0v) is 4.74. The van der Waals surface area contributed by atoms with Crippen LogP contribution in [0.4, 0.5) is 0 Å². The third-order valence-corrected chi connectivity index (χ3v) is 2.14. The van der Waals surface area contributed by atoms with Gasteiger partial charge in [-0.1, -0.05) is 0 Å². The molecule has 0 atom stereocenters.